The summed E-state index contributed by atoms with van der Waals surface area (Å²) in [5, 5.41) is 3.46. The summed E-state index contributed by atoms with van der Waals surface area (Å²) in [5.41, 5.74) is 2.97. The number of rotatable bonds is 7. The van der Waals surface area contributed by atoms with Crippen molar-refractivity contribution in [1.82, 2.24) is 15.3 Å². The molecule has 1 aromatic heterocycles. The molecule has 2 aromatic rings. The third kappa shape index (κ3) is 6.28. The number of hydrogen-bond donors (Lipinski definition) is 1. The average molecular weight is 331 g/mol. The Kier molecular flexibility index (Phi) is 6.40. The van der Waals surface area contributed by atoms with E-state index in [2.05, 4.69) is 15.3 Å². The van der Waals surface area contributed by atoms with Crippen LogP contribution in [0.15, 0.2) is 35.5 Å². The molecule has 1 heterocycles. The maximum atomic E-state index is 11.8. The summed E-state index contributed by atoms with van der Waals surface area (Å²) in [6.45, 7) is 6.77. The minimum absolute atomic E-state index is 0.0504. The van der Waals surface area contributed by atoms with Crippen molar-refractivity contribution in [2.24, 2.45) is 0 Å². The van der Waals surface area contributed by atoms with Crippen LogP contribution in [0.1, 0.15) is 17.0 Å². The van der Waals surface area contributed by atoms with Gasteiger partial charge in [-0.1, -0.05) is 23.9 Å². The molecule has 0 aliphatic rings. The molecule has 0 unspecified atom stereocenters. The summed E-state index contributed by atoms with van der Waals surface area (Å²) in [6, 6.07) is 9.74. The van der Waals surface area contributed by atoms with Gasteiger partial charge in [0.1, 0.15) is 12.4 Å². The van der Waals surface area contributed by atoms with Gasteiger partial charge >= 0.3 is 0 Å². The van der Waals surface area contributed by atoms with Crippen molar-refractivity contribution in [2.45, 2.75) is 25.9 Å². The fraction of sp³-hybridized carbons (Fsp3) is 0.353. The van der Waals surface area contributed by atoms with Crippen LogP contribution in [-0.2, 0) is 4.79 Å². The molecule has 0 aliphatic carbocycles. The number of benzene rings is 1. The predicted octanol–water partition coefficient (Wildman–Crippen LogP) is 2.69. The van der Waals surface area contributed by atoms with Crippen LogP contribution in [0.25, 0.3) is 0 Å². The Labute approximate surface area is 140 Å². The molecule has 0 atom stereocenters. The zero-order valence-corrected chi connectivity index (χ0v) is 14.4. The molecule has 1 aromatic carbocycles. The first-order valence-electron chi connectivity index (χ1n) is 7.44. The molecule has 0 fully saturated rings. The lowest BCUT2D eigenvalue weighted by molar-refractivity contribution is -0.118. The van der Waals surface area contributed by atoms with Crippen molar-refractivity contribution in [2.75, 3.05) is 18.9 Å². The number of nitrogens with zero attached hydrogens (tertiary/aromatic N) is 2. The number of aromatic nitrogens is 2. The van der Waals surface area contributed by atoms with Gasteiger partial charge in [0.05, 0.1) is 12.3 Å². The fourth-order valence-electron chi connectivity index (χ4n) is 2.00. The SMILES string of the molecule is Cc1cccc(OCCNC(=O)CSc2nc(C)cc(C)n2)c1. The van der Waals surface area contributed by atoms with Crippen LogP contribution in [0.5, 0.6) is 5.75 Å². The summed E-state index contributed by atoms with van der Waals surface area (Å²) in [5.74, 6) is 1.07. The molecule has 0 bridgehead atoms. The topological polar surface area (TPSA) is 64.1 Å². The van der Waals surface area contributed by atoms with Crippen LogP contribution < -0.4 is 10.1 Å². The van der Waals surface area contributed by atoms with Gasteiger partial charge in [-0.3, -0.25) is 4.79 Å². The molecule has 0 aliphatic heterocycles. The lowest BCUT2D eigenvalue weighted by Crippen LogP contribution is -2.29. The molecule has 2 rings (SSSR count). The zero-order valence-electron chi connectivity index (χ0n) is 13.6. The molecule has 1 N–H and O–H groups in total. The molecule has 5 nitrogen and oxygen atoms in total. The zero-order chi connectivity index (χ0) is 16.7. The number of aryl methyl sites for hydroxylation is 3. The largest absolute Gasteiger partial charge is 0.492 e. The van der Waals surface area contributed by atoms with Gasteiger partial charge in [-0.15, -0.1) is 0 Å². The third-order valence-electron chi connectivity index (χ3n) is 2.98. The number of hydrogen-bond acceptors (Lipinski definition) is 5. The molecular weight excluding hydrogens is 310 g/mol. The van der Waals surface area contributed by atoms with E-state index in [0.717, 1.165) is 22.7 Å². The lowest BCUT2D eigenvalue weighted by atomic mass is 10.2. The van der Waals surface area contributed by atoms with Gasteiger partial charge in [-0.05, 0) is 44.5 Å². The monoisotopic (exact) mass is 331 g/mol. The molecule has 0 radical (unpaired) electrons. The molecule has 0 spiro atoms. The van der Waals surface area contributed by atoms with Gasteiger partial charge in [0.25, 0.3) is 0 Å². The maximum absolute atomic E-state index is 11.8. The summed E-state index contributed by atoms with van der Waals surface area (Å²) in [6.07, 6.45) is 0. The Morgan fingerprint density at radius 2 is 1.91 bits per heavy atom. The predicted molar refractivity (Wildman–Crippen MR) is 91.9 cm³/mol. The van der Waals surface area contributed by atoms with Gasteiger partial charge < -0.3 is 10.1 Å². The van der Waals surface area contributed by atoms with E-state index in [4.69, 9.17) is 4.74 Å². The van der Waals surface area contributed by atoms with Crippen molar-refractivity contribution < 1.29 is 9.53 Å². The lowest BCUT2D eigenvalue weighted by Gasteiger charge is -2.08. The van der Waals surface area contributed by atoms with Crippen LogP contribution in [-0.4, -0.2) is 34.8 Å². The number of nitrogens with one attached hydrogen (secondary N) is 1. The van der Waals surface area contributed by atoms with E-state index in [1.54, 1.807) is 0 Å². The highest BCUT2D eigenvalue weighted by atomic mass is 32.2. The van der Waals surface area contributed by atoms with Crippen LogP contribution >= 0.6 is 11.8 Å². The number of carbonyl (C=O) groups is 1. The fourth-order valence-corrected chi connectivity index (χ4v) is 2.78. The van der Waals surface area contributed by atoms with Crippen LogP contribution in [0.4, 0.5) is 0 Å². The van der Waals surface area contributed by atoms with Gasteiger partial charge in [-0.2, -0.15) is 0 Å². The minimum atomic E-state index is -0.0504. The van der Waals surface area contributed by atoms with E-state index in [1.807, 2.05) is 51.1 Å². The Hall–Kier alpha value is -2.08. The summed E-state index contributed by atoms with van der Waals surface area (Å²) in [4.78, 5) is 20.4. The first kappa shape index (κ1) is 17.3. The molecule has 1 amide bonds. The normalized spacial score (nSPS) is 10.4. The maximum Gasteiger partial charge on any atom is 0.230 e. The van der Waals surface area contributed by atoms with Gasteiger partial charge in [0.15, 0.2) is 5.16 Å². The van der Waals surface area contributed by atoms with Crippen molar-refractivity contribution >= 4 is 17.7 Å². The summed E-state index contributed by atoms with van der Waals surface area (Å²) < 4.78 is 5.59. The Balaban J connectivity index is 1.67. The van der Waals surface area contributed by atoms with E-state index >= 15 is 0 Å². The third-order valence-corrected chi connectivity index (χ3v) is 3.82. The first-order chi connectivity index (χ1) is 11.0. The molecule has 23 heavy (non-hydrogen) atoms. The molecule has 6 heteroatoms. The summed E-state index contributed by atoms with van der Waals surface area (Å²) in [7, 11) is 0. The standard InChI is InChI=1S/C17H21N3O2S/c1-12-5-4-6-15(9-12)22-8-7-18-16(21)11-23-17-19-13(2)10-14(3)20-17/h4-6,9-10H,7-8,11H2,1-3H3,(H,18,21). The second kappa shape index (κ2) is 8.53. The molecular formula is C17H21N3O2S. The minimum Gasteiger partial charge on any atom is -0.492 e. The quantitative estimate of drug-likeness (QED) is 0.480. The first-order valence-corrected chi connectivity index (χ1v) is 8.43. The number of thioether (sulfide) groups is 1. The van der Waals surface area contributed by atoms with Crippen LogP contribution in [0.2, 0.25) is 0 Å². The highest BCUT2D eigenvalue weighted by molar-refractivity contribution is 7.99. The highest BCUT2D eigenvalue weighted by Crippen LogP contribution is 2.14. The molecule has 0 saturated heterocycles. The highest BCUT2D eigenvalue weighted by Gasteiger charge is 2.05. The van der Waals surface area contributed by atoms with E-state index in [-0.39, 0.29) is 5.91 Å². The molecule has 122 valence electrons. The van der Waals surface area contributed by atoms with Crippen LogP contribution in [0.3, 0.4) is 0 Å². The van der Waals surface area contributed by atoms with Gasteiger partial charge in [0, 0.05) is 11.4 Å². The Morgan fingerprint density at radius 1 is 1.17 bits per heavy atom. The van der Waals surface area contributed by atoms with Gasteiger partial charge in [0.2, 0.25) is 5.91 Å². The van der Waals surface area contributed by atoms with E-state index in [1.165, 1.54) is 11.8 Å². The second-order valence-electron chi connectivity index (χ2n) is 5.24. The molecule has 0 saturated carbocycles. The van der Waals surface area contributed by atoms with Crippen molar-refractivity contribution in [3.63, 3.8) is 0 Å². The Morgan fingerprint density at radius 3 is 2.61 bits per heavy atom. The summed E-state index contributed by atoms with van der Waals surface area (Å²) >= 11 is 1.34. The second-order valence-corrected chi connectivity index (χ2v) is 6.18. The smallest absolute Gasteiger partial charge is 0.230 e. The van der Waals surface area contributed by atoms with E-state index in [0.29, 0.717) is 24.1 Å². The Bertz CT molecular complexity index is 656. The van der Waals surface area contributed by atoms with Gasteiger partial charge in [-0.25, -0.2) is 9.97 Å². The number of carbonyl (C=O) groups excluding carboxylic acids is 1. The van der Waals surface area contributed by atoms with Crippen molar-refractivity contribution in [3.8, 4) is 5.75 Å². The number of amides is 1. The van der Waals surface area contributed by atoms with Crippen molar-refractivity contribution in [1.29, 1.82) is 0 Å². The van der Waals surface area contributed by atoms with Crippen LogP contribution in [0, 0.1) is 20.8 Å². The average Bonchev–Trinajstić information content (AvgIpc) is 2.49. The van der Waals surface area contributed by atoms with E-state index < -0.39 is 0 Å². The van der Waals surface area contributed by atoms with Crippen molar-refractivity contribution in [3.05, 3.63) is 47.3 Å². The van der Waals surface area contributed by atoms with E-state index in [9.17, 15) is 4.79 Å². The number of ether oxygens (including phenoxy) is 1.